The molecule has 3 aromatic carbocycles. The number of hydrogen-bond donors (Lipinski definition) is 0. The molecule has 1 aromatic heterocycles. The van der Waals surface area contributed by atoms with Gasteiger partial charge in [-0.25, -0.2) is 0 Å². The molecule has 1 amide bonds. The van der Waals surface area contributed by atoms with Crippen LogP contribution in [0.15, 0.2) is 77.7 Å². The SMILES string of the molecule is COc1cccc(-n2cc(C(=O)N3CCN(c4cc(C)ccc4C)CC3)c3ccccc3c2=O)c1. The van der Waals surface area contributed by atoms with Crippen molar-refractivity contribution in [3.05, 3.63) is 100.0 Å². The van der Waals surface area contributed by atoms with Crippen LogP contribution in [0.1, 0.15) is 21.5 Å². The van der Waals surface area contributed by atoms with Gasteiger partial charge in [-0.05, 0) is 49.2 Å². The zero-order valence-corrected chi connectivity index (χ0v) is 20.3. The number of aromatic nitrogens is 1. The van der Waals surface area contributed by atoms with Gasteiger partial charge in [-0.3, -0.25) is 14.2 Å². The van der Waals surface area contributed by atoms with Gasteiger partial charge in [0.25, 0.3) is 11.5 Å². The number of nitrogens with zero attached hydrogens (tertiary/aromatic N) is 3. The van der Waals surface area contributed by atoms with Gasteiger partial charge >= 0.3 is 0 Å². The predicted octanol–water partition coefficient (Wildman–Crippen LogP) is 4.58. The van der Waals surface area contributed by atoms with Crippen LogP contribution in [-0.4, -0.2) is 48.7 Å². The van der Waals surface area contributed by atoms with Crippen molar-refractivity contribution in [1.29, 1.82) is 0 Å². The lowest BCUT2D eigenvalue weighted by Crippen LogP contribution is -2.49. The van der Waals surface area contributed by atoms with Crippen LogP contribution < -0.4 is 15.2 Å². The minimum atomic E-state index is -0.162. The summed E-state index contributed by atoms with van der Waals surface area (Å²) >= 11 is 0. The molecule has 35 heavy (non-hydrogen) atoms. The maximum Gasteiger partial charge on any atom is 0.262 e. The summed E-state index contributed by atoms with van der Waals surface area (Å²) in [5, 5.41) is 1.20. The van der Waals surface area contributed by atoms with Gasteiger partial charge < -0.3 is 14.5 Å². The van der Waals surface area contributed by atoms with Gasteiger partial charge in [-0.2, -0.15) is 0 Å². The largest absolute Gasteiger partial charge is 0.497 e. The molecule has 5 rings (SSSR count). The number of anilines is 1. The molecule has 4 aromatic rings. The number of carbonyl (C=O) groups excluding carboxylic acids is 1. The Bertz CT molecular complexity index is 1470. The number of amides is 1. The Morgan fingerprint density at radius 3 is 2.34 bits per heavy atom. The monoisotopic (exact) mass is 467 g/mol. The smallest absolute Gasteiger partial charge is 0.262 e. The fraction of sp³-hybridized carbons (Fsp3) is 0.241. The summed E-state index contributed by atoms with van der Waals surface area (Å²) in [4.78, 5) is 31.3. The summed E-state index contributed by atoms with van der Waals surface area (Å²) in [6.07, 6.45) is 1.68. The molecule has 0 unspecified atom stereocenters. The van der Waals surface area contributed by atoms with Crippen molar-refractivity contribution in [2.24, 2.45) is 0 Å². The number of benzene rings is 3. The van der Waals surface area contributed by atoms with Crippen molar-refractivity contribution >= 4 is 22.4 Å². The Labute approximate surface area is 205 Å². The number of rotatable bonds is 4. The van der Waals surface area contributed by atoms with Crippen LogP contribution in [0.3, 0.4) is 0 Å². The molecule has 1 aliphatic rings. The van der Waals surface area contributed by atoms with E-state index in [1.54, 1.807) is 30.0 Å². The third kappa shape index (κ3) is 4.28. The highest BCUT2D eigenvalue weighted by Gasteiger charge is 2.25. The minimum Gasteiger partial charge on any atom is -0.497 e. The van der Waals surface area contributed by atoms with E-state index in [0.717, 1.165) is 13.1 Å². The van der Waals surface area contributed by atoms with Crippen molar-refractivity contribution in [3.8, 4) is 11.4 Å². The van der Waals surface area contributed by atoms with Crippen LogP contribution in [0.2, 0.25) is 0 Å². The summed E-state index contributed by atoms with van der Waals surface area (Å²) in [5.74, 6) is 0.594. The van der Waals surface area contributed by atoms with E-state index in [-0.39, 0.29) is 11.5 Å². The first-order valence-corrected chi connectivity index (χ1v) is 11.9. The van der Waals surface area contributed by atoms with Crippen molar-refractivity contribution in [3.63, 3.8) is 0 Å². The molecule has 1 aliphatic heterocycles. The van der Waals surface area contributed by atoms with Gasteiger partial charge in [-0.15, -0.1) is 0 Å². The van der Waals surface area contributed by atoms with E-state index in [0.29, 0.717) is 40.9 Å². The molecule has 0 spiro atoms. The second-order valence-electron chi connectivity index (χ2n) is 9.03. The number of pyridine rings is 1. The lowest BCUT2D eigenvalue weighted by Gasteiger charge is -2.37. The maximum absolute atomic E-state index is 13.8. The van der Waals surface area contributed by atoms with Crippen molar-refractivity contribution in [2.45, 2.75) is 13.8 Å². The first-order chi connectivity index (χ1) is 17.0. The summed E-state index contributed by atoms with van der Waals surface area (Å²) in [5.41, 5.74) is 4.73. The maximum atomic E-state index is 13.8. The molecule has 0 aliphatic carbocycles. The number of piperazine rings is 1. The lowest BCUT2D eigenvalue weighted by atomic mass is 10.1. The Morgan fingerprint density at radius 1 is 0.857 bits per heavy atom. The molecule has 0 N–H and O–H groups in total. The van der Waals surface area contributed by atoms with E-state index in [9.17, 15) is 9.59 Å². The van der Waals surface area contributed by atoms with Gasteiger partial charge in [0.05, 0.1) is 18.4 Å². The topological polar surface area (TPSA) is 54.8 Å². The van der Waals surface area contributed by atoms with E-state index in [2.05, 4.69) is 36.9 Å². The zero-order valence-electron chi connectivity index (χ0n) is 20.3. The van der Waals surface area contributed by atoms with E-state index in [4.69, 9.17) is 4.74 Å². The van der Waals surface area contributed by atoms with Gasteiger partial charge in [0.1, 0.15) is 5.75 Å². The lowest BCUT2D eigenvalue weighted by molar-refractivity contribution is 0.0748. The normalized spacial score (nSPS) is 13.8. The van der Waals surface area contributed by atoms with Crippen LogP contribution in [0.5, 0.6) is 5.75 Å². The molecule has 178 valence electrons. The highest BCUT2D eigenvalue weighted by molar-refractivity contribution is 6.06. The summed E-state index contributed by atoms with van der Waals surface area (Å²) < 4.78 is 6.89. The average molecular weight is 468 g/mol. The van der Waals surface area contributed by atoms with Crippen LogP contribution in [-0.2, 0) is 0 Å². The number of hydrogen-bond acceptors (Lipinski definition) is 4. The number of aryl methyl sites for hydroxylation is 2. The second-order valence-corrected chi connectivity index (χ2v) is 9.03. The molecule has 0 atom stereocenters. The summed E-state index contributed by atoms with van der Waals surface area (Å²) in [6.45, 7) is 7.01. The standard InChI is InChI=1S/C29H29N3O3/c1-20-11-12-21(2)27(17-20)30-13-15-31(16-14-30)28(33)26-19-32(22-7-6-8-23(18-22)35-3)29(34)25-10-5-4-9-24(25)26/h4-12,17-19H,13-16H2,1-3H3. The van der Waals surface area contributed by atoms with Crippen molar-refractivity contribution < 1.29 is 9.53 Å². The van der Waals surface area contributed by atoms with E-state index < -0.39 is 0 Å². The third-order valence-corrected chi connectivity index (χ3v) is 6.76. The molecule has 1 saturated heterocycles. The molecule has 1 fully saturated rings. The second kappa shape index (κ2) is 9.29. The summed E-state index contributed by atoms with van der Waals surface area (Å²) in [7, 11) is 1.59. The number of ether oxygens (including phenoxy) is 1. The van der Waals surface area contributed by atoms with Crippen LogP contribution in [0.4, 0.5) is 5.69 Å². The Kier molecular flexibility index (Phi) is 6.03. The quantitative estimate of drug-likeness (QED) is 0.441. The zero-order chi connectivity index (χ0) is 24.5. The number of carbonyl (C=O) groups is 1. The fourth-order valence-corrected chi connectivity index (χ4v) is 4.79. The Hall–Kier alpha value is -4.06. The van der Waals surface area contributed by atoms with Gasteiger partial charge in [0.2, 0.25) is 0 Å². The van der Waals surface area contributed by atoms with Gasteiger partial charge in [-0.1, -0.05) is 36.4 Å². The van der Waals surface area contributed by atoms with Crippen molar-refractivity contribution in [1.82, 2.24) is 9.47 Å². The molecule has 6 nitrogen and oxygen atoms in total. The van der Waals surface area contributed by atoms with Crippen LogP contribution >= 0.6 is 0 Å². The highest BCUT2D eigenvalue weighted by Crippen LogP contribution is 2.25. The van der Waals surface area contributed by atoms with E-state index >= 15 is 0 Å². The predicted molar refractivity (Wildman–Crippen MR) is 140 cm³/mol. The van der Waals surface area contributed by atoms with Gasteiger partial charge in [0, 0.05) is 54.9 Å². The molecule has 6 heteroatoms. The average Bonchev–Trinajstić information content (AvgIpc) is 2.90. The fourth-order valence-electron chi connectivity index (χ4n) is 4.79. The summed E-state index contributed by atoms with van der Waals surface area (Å²) in [6, 6.07) is 21.1. The first kappa shape index (κ1) is 22.7. The number of fused-ring (bicyclic) bond motifs is 1. The molecular formula is C29H29N3O3. The molecule has 2 heterocycles. The molecule has 0 saturated carbocycles. The highest BCUT2D eigenvalue weighted by atomic mass is 16.5. The Balaban J connectivity index is 1.49. The van der Waals surface area contributed by atoms with Gasteiger partial charge in [0.15, 0.2) is 0 Å². The molecule has 0 radical (unpaired) electrons. The van der Waals surface area contributed by atoms with Crippen LogP contribution in [0.25, 0.3) is 16.5 Å². The van der Waals surface area contributed by atoms with Crippen LogP contribution in [0, 0.1) is 13.8 Å². The first-order valence-electron chi connectivity index (χ1n) is 11.9. The third-order valence-electron chi connectivity index (χ3n) is 6.76. The van der Waals surface area contributed by atoms with Crippen molar-refractivity contribution in [2.75, 3.05) is 38.2 Å². The molecular weight excluding hydrogens is 438 g/mol. The number of methoxy groups -OCH3 is 1. The minimum absolute atomic E-state index is 0.0570. The molecule has 0 bridgehead atoms. The van der Waals surface area contributed by atoms with E-state index in [1.165, 1.54) is 16.8 Å². The van der Waals surface area contributed by atoms with E-state index in [1.807, 2.05) is 41.3 Å². The Morgan fingerprint density at radius 2 is 1.60 bits per heavy atom.